The highest BCUT2D eigenvalue weighted by Crippen LogP contribution is 2.18. The van der Waals surface area contributed by atoms with E-state index in [1.807, 2.05) is 6.92 Å². The number of nitrogens with one attached hydrogen (secondary N) is 1. The van der Waals surface area contributed by atoms with Crippen LogP contribution in [0.15, 0.2) is 38.8 Å². The van der Waals surface area contributed by atoms with Crippen LogP contribution >= 0.6 is 0 Å². The Morgan fingerprint density at radius 3 is 2.48 bits per heavy atom. The molecule has 8 nitrogen and oxygen atoms in total. The highest BCUT2D eigenvalue weighted by atomic mass is 16.4. The van der Waals surface area contributed by atoms with Crippen molar-refractivity contribution in [3.05, 3.63) is 56.2 Å². The van der Waals surface area contributed by atoms with Crippen LogP contribution in [0.2, 0.25) is 0 Å². The van der Waals surface area contributed by atoms with E-state index in [0.717, 1.165) is 11.0 Å². The highest BCUT2D eigenvalue weighted by molar-refractivity contribution is 6.01. The molecule has 0 fully saturated rings. The van der Waals surface area contributed by atoms with Crippen LogP contribution in [0.3, 0.4) is 0 Å². The number of carbonyl (C=O) groups is 1. The molecule has 1 aromatic carbocycles. The Kier molecular flexibility index (Phi) is 5.53. The number of aromatic hydroxyl groups is 1. The summed E-state index contributed by atoms with van der Waals surface area (Å²) >= 11 is 0. The van der Waals surface area contributed by atoms with E-state index in [1.54, 1.807) is 0 Å². The van der Waals surface area contributed by atoms with Crippen molar-refractivity contribution in [3.8, 4) is 5.88 Å². The minimum Gasteiger partial charge on any atom is -0.545 e. The Morgan fingerprint density at radius 1 is 1.28 bits per heavy atom. The number of rotatable bonds is 6. The molecule has 0 spiro atoms. The number of aliphatic imine (C=N–C) groups is 1. The monoisotopic (exact) mass is 344 g/mol. The Hall–Kier alpha value is -3.16. The van der Waals surface area contributed by atoms with E-state index in [-0.39, 0.29) is 23.4 Å². The number of nitrogens with zero attached hydrogens (tertiary/aromatic N) is 2. The zero-order valence-corrected chi connectivity index (χ0v) is 13.9. The number of benzene rings is 1. The Morgan fingerprint density at radius 2 is 1.92 bits per heavy atom. The average Bonchev–Trinajstić information content (AvgIpc) is 2.54. The lowest BCUT2D eigenvalue weighted by Gasteiger charge is -2.11. The molecule has 0 radical (unpaired) electrons. The predicted octanol–water partition coefficient (Wildman–Crippen LogP) is 0.546. The van der Waals surface area contributed by atoms with Crippen LogP contribution in [0, 0.1) is 0 Å². The smallest absolute Gasteiger partial charge is 0.331 e. The van der Waals surface area contributed by atoms with Crippen molar-refractivity contribution in [3.63, 3.8) is 0 Å². The summed E-state index contributed by atoms with van der Waals surface area (Å²) in [5, 5.41) is 21.1. The maximum absolute atomic E-state index is 12.1. The van der Waals surface area contributed by atoms with Gasteiger partial charge in [0.15, 0.2) is 0 Å². The Balaban J connectivity index is 2.47. The number of carbonyl (C=O) groups excluding carboxylic acids is 1. The molecular formula is C17H18N3O5-. The van der Waals surface area contributed by atoms with Crippen molar-refractivity contribution in [1.29, 1.82) is 0 Å². The molecule has 0 unspecified atom stereocenters. The molecule has 2 rings (SSSR count). The third kappa shape index (κ3) is 4.03. The van der Waals surface area contributed by atoms with Gasteiger partial charge in [0, 0.05) is 6.54 Å². The van der Waals surface area contributed by atoms with Gasteiger partial charge in [0.05, 0.1) is 17.4 Å². The van der Waals surface area contributed by atoms with E-state index >= 15 is 0 Å². The molecule has 8 heteroatoms. The third-order valence-electron chi connectivity index (χ3n) is 3.67. The first kappa shape index (κ1) is 18.2. The van der Waals surface area contributed by atoms with Crippen LogP contribution in [0.1, 0.15) is 42.6 Å². The summed E-state index contributed by atoms with van der Waals surface area (Å²) in [5.41, 5.74) is -0.906. The average molecular weight is 344 g/mol. The summed E-state index contributed by atoms with van der Waals surface area (Å²) in [6.45, 7) is 3.74. The van der Waals surface area contributed by atoms with E-state index in [1.165, 1.54) is 31.2 Å². The van der Waals surface area contributed by atoms with Crippen LogP contribution in [0.25, 0.3) is 0 Å². The van der Waals surface area contributed by atoms with Gasteiger partial charge in [-0.15, -0.1) is 0 Å². The zero-order chi connectivity index (χ0) is 18.6. The van der Waals surface area contributed by atoms with Gasteiger partial charge in [-0.1, -0.05) is 25.5 Å². The molecular weight excluding hydrogens is 326 g/mol. The first-order chi connectivity index (χ1) is 11.8. The van der Waals surface area contributed by atoms with Crippen LogP contribution in [-0.4, -0.2) is 26.3 Å². The van der Waals surface area contributed by atoms with Gasteiger partial charge in [-0.25, -0.2) is 4.79 Å². The van der Waals surface area contributed by atoms with Crippen molar-refractivity contribution in [2.45, 2.75) is 33.2 Å². The summed E-state index contributed by atoms with van der Waals surface area (Å²) in [6.07, 6.45) is 1.48. The normalized spacial score (nSPS) is 11.5. The lowest BCUT2D eigenvalue weighted by atomic mass is 10.2. The molecule has 2 N–H and O–H groups in total. The number of hydrogen-bond acceptors (Lipinski definition) is 6. The molecule has 2 aromatic rings. The molecule has 0 aliphatic rings. The molecule has 25 heavy (non-hydrogen) atoms. The van der Waals surface area contributed by atoms with Crippen LogP contribution in [0.4, 0.5) is 5.69 Å². The second-order valence-corrected chi connectivity index (χ2v) is 5.49. The van der Waals surface area contributed by atoms with Crippen LogP contribution in [-0.2, 0) is 6.54 Å². The Bertz CT molecular complexity index is 923. The molecule has 132 valence electrons. The van der Waals surface area contributed by atoms with Crippen LogP contribution in [0.5, 0.6) is 5.88 Å². The van der Waals surface area contributed by atoms with Crippen molar-refractivity contribution >= 4 is 17.4 Å². The second kappa shape index (κ2) is 7.61. The third-order valence-corrected chi connectivity index (χ3v) is 3.67. The van der Waals surface area contributed by atoms with Gasteiger partial charge in [-0.05, 0) is 31.0 Å². The lowest BCUT2D eigenvalue weighted by molar-refractivity contribution is -0.255. The first-order valence-electron chi connectivity index (χ1n) is 7.78. The summed E-state index contributed by atoms with van der Waals surface area (Å²) in [4.78, 5) is 41.0. The fourth-order valence-corrected chi connectivity index (χ4v) is 2.33. The fourth-order valence-electron chi connectivity index (χ4n) is 2.33. The van der Waals surface area contributed by atoms with E-state index in [4.69, 9.17) is 0 Å². The highest BCUT2D eigenvalue weighted by Gasteiger charge is 2.16. The predicted molar refractivity (Wildman–Crippen MR) is 90.5 cm³/mol. The molecule has 0 amide bonds. The molecule has 0 bridgehead atoms. The first-order valence-corrected chi connectivity index (χ1v) is 7.78. The SMILES string of the molecule is CCCCn1c(O)c(C(C)=Nc2ccc(C(=O)[O-])cc2)c(=O)[nH]c1=O. The number of aromatic carboxylic acids is 1. The van der Waals surface area contributed by atoms with E-state index in [2.05, 4.69) is 9.98 Å². The lowest BCUT2D eigenvalue weighted by Crippen LogP contribution is -2.33. The van der Waals surface area contributed by atoms with Gasteiger partial charge in [0.25, 0.3) is 5.56 Å². The molecule has 1 heterocycles. The van der Waals surface area contributed by atoms with Crippen molar-refractivity contribution < 1.29 is 15.0 Å². The molecule has 0 aliphatic carbocycles. The zero-order valence-electron chi connectivity index (χ0n) is 13.9. The summed E-state index contributed by atoms with van der Waals surface area (Å²) in [5.74, 6) is -1.74. The maximum atomic E-state index is 12.1. The van der Waals surface area contributed by atoms with Gasteiger partial charge in [-0.2, -0.15) is 0 Å². The van der Waals surface area contributed by atoms with Gasteiger partial charge in [0.2, 0.25) is 5.88 Å². The van der Waals surface area contributed by atoms with Crippen molar-refractivity contribution in [2.24, 2.45) is 4.99 Å². The minimum absolute atomic E-state index is 0.00501. The summed E-state index contributed by atoms with van der Waals surface area (Å²) in [6, 6.07) is 5.56. The molecule has 0 saturated heterocycles. The summed E-state index contributed by atoms with van der Waals surface area (Å²) in [7, 11) is 0. The second-order valence-electron chi connectivity index (χ2n) is 5.49. The number of aromatic amines is 1. The standard InChI is InChI=1S/C17H19N3O5/c1-3-4-9-20-15(22)13(14(21)19-17(20)25)10(2)18-12-7-5-11(6-8-12)16(23)24/h5-8,22H,3-4,9H2,1-2H3,(H,23,24)(H,19,21,25)/p-1. The van der Waals surface area contributed by atoms with Crippen LogP contribution < -0.4 is 16.4 Å². The largest absolute Gasteiger partial charge is 0.545 e. The van der Waals surface area contributed by atoms with E-state index < -0.39 is 23.1 Å². The van der Waals surface area contributed by atoms with Crippen molar-refractivity contribution in [2.75, 3.05) is 0 Å². The van der Waals surface area contributed by atoms with Gasteiger partial charge in [-0.3, -0.25) is 19.3 Å². The van der Waals surface area contributed by atoms with E-state index in [0.29, 0.717) is 12.1 Å². The number of carboxylic acids is 1. The number of hydrogen-bond donors (Lipinski definition) is 2. The fraction of sp³-hybridized carbons (Fsp3) is 0.294. The number of carboxylic acid groups (broad SMARTS) is 1. The van der Waals surface area contributed by atoms with Gasteiger partial charge >= 0.3 is 5.69 Å². The molecule has 0 aliphatic heterocycles. The Labute approximate surface area is 143 Å². The number of aromatic nitrogens is 2. The van der Waals surface area contributed by atoms with E-state index in [9.17, 15) is 24.6 Å². The molecule has 1 aromatic heterocycles. The minimum atomic E-state index is -1.30. The maximum Gasteiger partial charge on any atom is 0.331 e. The van der Waals surface area contributed by atoms with Crippen molar-refractivity contribution in [1.82, 2.24) is 9.55 Å². The van der Waals surface area contributed by atoms with Gasteiger partial charge < -0.3 is 15.0 Å². The quantitative estimate of drug-likeness (QED) is 0.740. The molecule has 0 atom stereocenters. The topological polar surface area (TPSA) is 128 Å². The molecule has 0 saturated carbocycles. The summed E-state index contributed by atoms with van der Waals surface area (Å²) < 4.78 is 1.10. The number of H-pyrrole nitrogens is 1. The van der Waals surface area contributed by atoms with Gasteiger partial charge in [0.1, 0.15) is 5.56 Å². The number of unbranched alkanes of at least 4 members (excludes halogenated alkanes) is 1.